The van der Waals surface area contributed by atoms with E-state index in [4.69, 9.17) is 104 Å². The number of sulfonamides is 2. The minimum atomic E-state index is -3.78. The summed E-state index contributed by atoms with van der Waals surface area (Å²) in [6.45, 7) is 10.3. The minimum Gasteiger partial charge on any atom is -0.379 e. The number of halogens is 6. The maximum atomic E-state index is 13.2. The highest BCUT2D eigenvalue weighted by atomic mass is 35.5. The van der Waals surface area contributed by atoms with Crippen LogP contribution in [0.2, 0.25) is 30.1 Å². The lowest BCUT2D eigenvalue weighted by Crippen LogP contribution is -2.37. The van der Waals surface area contributed by atoms with Crippen LogP contribution in [-0.4, -0.2) is 223 Å². The van der Waals surface area contributed by atoms with Crippen molar-refractivity contribution in [2.75, 3.05) is 172 Å². The van der Waals surface area contributed by atoms with E-state index in [0.29, 0.717) is 187 Å². The smallest absolute Gasteiger partial charge is 0.314 e. The summed E-state index contributed by atoms with van der Waals surface area (Å²) in [6.07, 6.45) is 5.49. The minimum absolute atomic E-state index is 0. The number of ether oxygens (including phenoxy) is 6. The maximum Gasteiger partial charge on any atom is 0.314 e. The van der Waals surface area contributed by atoms with Crippen LogP contribution >= 0.6 is 69.6 Å². The van der Waals surface area contributed by atoms with Crippen molar-refractivity contribution in [1.29, 1.82) is 0 Å². The topological polar surface area (TPSA) is 335 Å². The molecule has 636 valence electrons. The molecule has 3 heterocycles. The van der Waals surface area contributed by atoms with Crippen molar-refractivity contribution in [2.45, 2.75) is 117 Å². The van der Waals surface area contributed by atoms with E-state index in [1.165, 1.54) is 0 Å². The van der Waals surface area contributed by atoms with Crippen molar-refractivity contribution in [3.05, 3.63) is 199 Å². The summed E-state index contributed by atoms with van der Waals surface area (Å²) in [5.41, 5.74) is 14.1. The van der Waals surface area contributed by atoms with Crippen LogP contribution in [0.25, 0.3) is 0 Å². The lowest BCUT2D eigenvalue weighted by molar-refractivity contribution is -0.119. The van der Waals surface area contributed by atoms with Gasteiger partial charge in [0, 0.05) is 146 Å². The number of rotatable bonds is 47. The molecule has 0 spiro atoms. The number of urea groups is 1. The molecule has 0 saturated carbocycles. The van der Waals surface area contributed by atoms with Gasteiger partial charge in [0.2, 0.25) is 20.0 Å². The second-order valence-corrected chi connectivity index (χ2v) is 36.0. The molecule has 0 aromatic heterocycles. The molecule has 3 aliphatic rings. The standard InChI is InChI=1S/C53H69Cl4N5O10S2.C22H29Cl2N3O4S.C4H8N2O2.CH4/c1-61-34-47(45-30-40(54)32-51(56)49(45)36-61)38-10-6-14-43(28-38)73(65,66)27-9-20-70-24-25-71-21-17-59-53(64)58-16-5-3-4-12-42(63)13-8-19-69-23-26-72-22-18-60-74(67,68)44-15-7-11-39(29-44)48-35-62(2)37-50-46(48)31-41(55)33-52(50)57;1-27-14-20(19-12-17(23)13-22(24)21(19)15-27)16-3-2-4-18(11-16)32(28,29)26-6-8-31-10-9-30-7-5-25;7-5-3-1-2-4-6-8;/h6-7,10-11,14-15,28-33,47-48,60H,3-5,8-9,12-13,16-27,34-37H2,1-2H3,(H2,58,59,64);2-4,11-13,20,26H,5-10,14-15,25H2,1H3;1-4H2;1H4. The summed E-state index contributed by atoms with van der Waals surface area (Å²) >= 11 is 38.4. The number of nitrogens with one attached hydrogen (secondary N) is 4. The number of hydrogen-bond donors (Lipinski definition) is 5. The van der Waals surface area contributed by atoms with E-state index in [9.17, 15) is 44.7 Å². The Morgan fingerprint density at radius 2 is 0.800 bits per heavy atom. The number of fused-ring (bicyclic) bond motifs is 3. The third-order valence-corrected chi connectivity index (χ3v) is 25.2. The highest BCUT2D eigenvalue weighted by Crippen LogP contribution is 2.42. The summed E-state index contributed by atoms with van der Waals surface area (Å²) in [5, 5.41) is 14.3. The van der Waals surface area contributed by atoms with Crippen LogP contribution in [0.4, 0.5) is 4.79 Å². The molecule has 3 unspecified atom stereocenters. The van der Waals surface area contributed by atoms with E-state index in [-0.39, 0.29) is 90.3 Å². The molecule has 0 aliphatic carbocycles. The van der Waals surface area contributed by atoms with E-state index in [1.807, 2.05) is 57.5 Å². The van der Waals surface area contributed by atoms with Crippen LogP contribution in [0.15, 0.2) is 134 Å². The Bertz CT molecular complexity index is 4220. The highest BCUT2D eigenvalue weighted by Gasteiger charge is 2.32. The van der Waals surface area contributed by atoms with Gasteiger partial charge >= 0.3 is 6.03 Å². The summed E-state index contributed by atoms with van der Waals surface area (Å²) in [6, 6.07) is 31.7. The maximum absolute atomic E-state index is 13.2. The lowest BCUT2D eigenvalue weighted by Gasteiger charge is -2.33. The van der Waals surface area contributed by atoms with Gasteiger partial charge in [-0.15, -0.1) is 0 Å². The Labute approximate surface area is 708 Å². The van der Waals surface area contributed by atoms with Crippen LogP contribution < -0.4 is 25.8 Å². The number of likely N-dealkylation sites (N-methyl/N-ethyl adjacent to an activating group) is 3. The van der Waals surface area contributed by atoms with Crippen LogP contribution in [0, 0.1) is 9.81 Å². The van der Waals surface area contributed by atoms with E-state index >= 15 is 0 Å². The largest absolute Gasteiger partial charge is 0.379 e. The number of nitrogens with zero attached hydrogens (tertiary/aromatic N) is 5. The molecule has 6 N–H and O–H groups in total. The molecule has 6 aromatic rings. The van der Waals surface area contributed by atoms with Gasteiger partial charge in [0.25, 0.3) is 0 Å². The van der Waals surface area contributed by atoms with Gasteiger partial charge in [-0.1, -0.05) is 130 Å². The molecule has 6 aromatic carbocycles. The normalized spacial score (nSPS) is 15.7. The molecule has 9 rings (SSSR count). The number of hydrogen-bond acceptors (Lipinski definition) is 22. The first-order valence-corrected chi connectivity index (χ1v) is 44.9. The predicted molar refractivity (Wildman–Crippen MR) is 456 cm³/mol. The Morgan fingerprint density at radius 1 is 0.435 bits per heavy atom. The van der Waals surface area contributed by atoms with Crippen molar-refractivity contribution in [3.8, 4) is 0 Å². The monoisotopic (exact) mass is 1770 g/mol. The first-order valence-electron chi connectivity index (χ1n) is 38.0. The zero-order valence-corrected chi connectivity index (χ0v) is 71.7. The fraction of sp³-hybridized carbons (Fsp3) is 0.525. The molecule has 0 fully saturated rings. The van der Waals surface area contributed by atoms with Crippen LogP contribution in [-0.2, 0) is 82.7 Å². The number of carbonyl (C=O) groups excluding carboxylic acids is 2. The quantitative estimate of drug-likeness (QED) is 0.0175. The number of unbranched alkanes of at least 4 members (excludes halogenated alkanes) is 3. The highest BCUT2D eigenvalue weighted by molar-refractivity contribution is 7.91. The van der Waals surface area contributed by atoms with E-state index in [0.717, 1.165) is 82.4 Å². The van der Waals surface area contributed by atoms with Gasteiger partial charge in [0.05, 0.1) is 99.6 Å². The Hall–Kier alpha value is -5.43. The predicted octanol–water partition coefficient (Wildman–Crippen LogP) is 13.6. The average molecular weight is 1780 g/mol. The molecular formula is C80H110Cl6N10O16S3. The molecule has 26 nitrogen and oxygen atoms in total. The lowest BCUT2D eigenvalue weighted by atomic mass is 9.85. The number of Topliss-reactive ketones (excluding diaryl/α,β-unsaturated/α-hetero) is 1. The van der Waals surface area contributed by atoms with Gasteiger partial charge in [-0.3, -0.25) is 4.79 Å². The number of nitrogens with two attached hydrogens (primary N) is 1. The van der Waals surface area contributed by atoms with E-state index < -0.39 is 29.9 Å². The molecular weight excluding hydrogens is 1670 g/mol. The summed E-state index contributed by atoms with van der Waals surface area (Å²) in [4.78, 5) is 50.4. The molecule has 3 atom stereocenters. The fourth-order valence-electron chi connectivity index (χ4n) is 13.3. The van der Waals surface area contributed by atoms with Gasteiger partial charge < -0.3 is 59.5 Å². The molecule has 35 heteroatoms. The Kier molecular flexibility index (Phi) is 44.4. The van der Waals surface area contributed by atoms with Gasteiger partial charge in [-0.25, -0.2) is 39.5 Å². The number of ketones is 1. The van der Waals surface area contributed by atoms with Crippen molar-refractivity contribution in [3.63, 3.8) is 0 Å². The van der Waals surface area contributed by atoms with Crippen molar-refractivity contribution in [1.82, 2.24) is 34.8 Å². The molecule has 0 bridgehead atoms. The third-order valence-electron chi connectivity index (χ3n) is 18.8. The Morgan fingerprint density at radius 3 is 1.22 bits per heavy atom. The zero-order chi connectivity index (χ0) is 82.5. The molecule has 2 amide bonds. The van der Waals surface area contributed by atoms with E-state index in [1.54, 1.807) is 72.8 Å². The fourth-order valence-corrected chi connectivity index (χ4v) is 18.4. The first-order chi connectivity index (χ1) is 54.7. The van der Waals surface area contributed by atoms with Gasteiger partial charge in [0.15, 0.2) is 9.84 Å². The van der Waals surface area contributed by atoms with Gasteiger partial charge in [0.1, 0.15) is 5.78 Å². The van der Waals surface area contributed by atoms with Gasteiger partial charge in [-0.05, 0) is 183 Å². The second-order valence-electron chi connectivity index (χ2n) is 27.8. The number of nitroso groups, excluding NO2 is 2. The van der Waals surface area contributed by atoms with Crippen molar-refractivity contribution in [2.24, 2.45) is 16.1 Å². The second kappa shape index (κ2) is 51.9. The number of amides is 2. The van der Waals surface area contributed by atoms with Crippen LogP contribution in [0.1, 0.15) is 133 Å². The van der Waals surface area contributed by atoms with Crippen LogP contribution in [0.3, 0.4) is 0 Å². The number of benzene rings is 6. The Balaban J connectivity index is 0.000000412. The first kappa shape index (κ1) is 98.4. The zero-order valence-electron chi connectivity index (χ0n) is 64.7. The van der Waals surface area contributed by atoms with Crippen molar-refractivity contribution < 1.29 is 63.3 Å². The molecule has 0 radical (unpaired) electrons. The summed E-state index contributed by atoms with van der Waals surface area (Å²) in [5.74, 6) is -0.0652. The molecule has 0 saturated heterocycles. The number of sulfone groups is 1. The van der Waals surface area contributed by atoms with Crippen molar-refractivity contribution >= 4 is 111 Å². The van der Waals surface area contributed by atoms with Gasteiger partial charge in [-0.2, -0.15) is 9.81 Å². The summed E-state index contributed by atoms with van der Waals surface area (Å²) < 4.78 is 116. The molecule has 115 heavy (non-hydrogen) atoms. The third kappa shape index (κ3) is 33.6. The van der Waals surface area contributed by atoms with E-state index in [2.05, 4.69) is 45.1 Å². The number of carbonyl (C=O) groups is 2. The average Bonchev–Trinajstić information content (AvgIpc) is 0.783. The SMILES string of the molecule is C.CN1Cc2c(Cl)cc(Cl)cc2C(c2cccc(S(=O)(=O)CCCOCCOCCNC(=O)NCCCCCC(=O)CCCOCCOCCNS(=O)(=O)c3cccc(C4CN(C)Cc5c(Cl)cc(Cl)cc54)c3)c2)C1.CN1Cc2c(Cl)cc(Cl)cc2C(c2cccc(S(=O)(=O)NCCOCCOCCN)c2)C1.O=NCCCCN=O. The van der Waals surface area contributed by atoms with Crippen LogP contribution in [0.5, 0.6) is 0 Å². The molecule has 3 aliphatic heterocycles. The summed E-state index contributed by atoms with van der Waals surface area (Å²) in [7, 11) is -4.95.